The predicted molar refractivity (Wildman–Crippen MR) is 17.5 cm³/mol. The Morgan fingerprint density at radius 2 is 1.29 bits per heavy atom. The molecule has 0 aromatic heterocycles. The predicted octanol–water partition coefficient (Wildman–Crippen LogP) is -0.501. The molecule has 0 atom stereocenters. The van der Waals surface area contributed by atoms with Gasteiger partial charge in [0.25, 0.3) is 10.1 Å². The fraction of sp³-hybridized carbons (Fsp3) is 1.00. The average Bonchev–Trinajstić information content (AvgIpc) is 0.722. The van der Waals surface area contributed by atoms with Crippen molar-refractivity contribution in [3.63, 3.8) is 0 Å². The van der Waals surface area contributed by atoms with Crippen LogP contribution in [0.4, 0.5) is 0 Å². The Balaban J connectivity index is -0.0000000800. The zero-order valence-corrected chi connectivity index (χ0v) is 5.97. The van der Waals surface area contributed by atoms with Crippen LogP contribution < -0.4 is 0 Å². The maximum Gasteiger partial charge on any atom is 0.261 e. The van der Waals surface area contributed by atoms with Crippen LogP contribution in [0.5, 0.6) is 0 Å². The maximum absolute atomic E-state index is 9.19. The Morgan fingerprint density at radius 1 is 1.29 bits per heavy atom. The molecule has 0 unspecified atom stereocenters. The summed E-state index contributed by atoms with van der Waals surface area (Å²) in [5, 5.41) is 0. The maximum atomic E-state index is 9.19. The Hall–Kier alpha value is 0.949. The first-order valence-corrected chi connectivity index (χ1v) is 2.77. The van der Waals surface area contributed by atoms with Crippen molar-refractivity contribution in [1.29, 1.82) is 0 Å². The van der Waals surface area contributed by atoms with Crippen LogP contribution >= 0.6 is 0 Å². The van der Waals surface area contributed by atoms with Crippen LogP contribution in [0.15, 0.2) is 0 Å². The van der Waals surface area contributed by atoms with Crippen LogP contribution in [0.2, 0.25) is 0 Å². The topological polar surface area (TPSA) is 54.4 Å². The third-order valence-corrected chi connectivity index (χ3v) is 0. The van der Waals surface area contributed by atoms with Gasteiger partial charge in [0.05, 0.1) is 6.26 Å². The first-order chi connectivity index (χ1) is 2.00. The van der Waals surface area contributed by atoms with E-state index in [0.717, 1.165) is 0 Å². The molecule has 0 saturated heterocycles. The van der Waals surface area contributed by atoms with Crippen molar-refractivity contribution >= 4 is 10.1 Å². The number of hydrogen-bond acceptors (Lipinski definition) is 2. The molecule has 0 aromatic rings. The van der Waals surface area contributed by atoms with Gasteiger partial charge < -0.3 is 0 Å². The third kappa shape index (κ3) is 189. The zero-order chi connectivity index (χ0) is 4.50. The minimum absolute atomic E-state index is 0. The van der Waals surface area contributed by atoms with E-state index < -0.39 is 10.1 Å². The van der Waals surface area contributed by atoms with Gasteiger partial charge in [-0.25, -0.2) is 0 Å². The van der Waals surface area contributed by atoms with Gasteiger partial charge in [0.2, 0.25) is 0 Å². The monoisotopic (exact) mass is 222 g/mol. The SMILES string of the molecule is CS(=O)(=O)O.[Cu].[Cu]. The van der Waals surface area contributed by atoms with Gasteiger partial charge in [-0.15, -0.1) is 0 Å². The summed E-state index contributed by atoms with van der Waals surface area (Å²) in [7, 11) is -3.67. The largest absolute Gasteiger partial charge is 0.286 e. The van der Waals surface area contributed by atoms with Gasteiger partial charge in [-0.05, 0) is 0 Å². The van der Waals surface area contributed by atoms with Crippen molar-refractivity contribution in [2.75, 3.05) is 6.26 Å². The normalized spacial score (nSPS) is 8.29. The van der Waals surface area contributed by atoms with Crippen LogP contribution in [0, 0.1) is 0 Å². The Bertz CT molecular complexity index is 96.1. The van der Waals surface area contributed by atoms with Crippen molar-refractivity contribution in [2.24, 2.45) is 0 Å². The summed E-state index contributed by atoms with van der Waals surface area (Å²) in [5.74, 6) is 0. The van der Waals surface area contributed by atoms with E-state index in [1.807, 2.05) is 0 Å². The molecule has 7 heavy (non-hydrogen) atoms. The van der Waals surface area contributed by atoms with Gasteiger partial charge in [-0.3, -0.25) is 4.55 Å². The molecule has 6 heteroatoms. The van der Waals surface area contributed by atoms with Gasteiger partial charge >= 0.3 is 0 Å². The van der Waals surface area contributed by atoms with Crippen LogP contribution in [-0.4, -0.2) is 19.2 Å². The number of rotatable bonds is 0. The Kier molecular flexibility index (Phi) is 11.4. The quantitative estimate of drug-likeness (QED) is 0.445. The van der Waals surface area contributed by atoms with E-state index in [9.17, 15) is 8.42 Å². The fourth-order valence-electron chi connectivity index (χ4n) is 0. The molecule has 0 aliphatic carbocycles. The smallest absolute Gasteiger partial charge is 0.261 e. The van der Waals surface area contributed by atoms with Gasteiger partial charge in [0.1, 0.15) is 0 Å². The van der Waals surface area contributed by atoms with E-state index >= 15 is 0 Å². The van der Waals surface area contributed by atoms with Crippen molar-refractivity contribution in [3.8, 4) is 0 Å². The van der Waals surface area contributed by atoms with Crippen LogP contribution in [0.3, 0.4) is 0 Å². The van der Waals surface area contributed by atoms with E-state index in [-0.39, 0.29) is 34.1 Å². The standard InChI is InChI=1S/CH4O3S.2Cu/c1-5(2,3)4;;/h1H3,(H,2,3,4);;. The van der Waals surface area contributed by atoms with Gasteiger partial charge in [-0.1, -0.05) is 0 Å². The van der Waals surface area contributed by atoms with E-state index in [2.05, 4.69) is 0 Å². The van der Waals surface area contributed by atoms with Gasteiger partial charge in [0.15, 0.2) is 0 Å². The minimum Gasteiger partial charge on any atom is -0.286 e. The minimum atomic E-state index is -3.67. The van der Waals surface area contributed by atoms with Crippen molar-refractivity contribution < 1.29 is 47.1 Å². The second-order valence-electron chi connectivity index (χ2n) is 0.733. The Labute approximate surface area is 63.6 Å². The molecule has 0 fully saturated rings. The molecule has 0 aliphatic rings. The summed E-state index contributed by atoms with van der Waals surface area (Å²) in [4.78, 5) is 0. The summed E-state index contributed by atoms with van der Waals surface area (Å²) in [5.41, 5.74) is 0. The first-order valence-electron chi connectivity index (χ1n) is 0.924. The molecule has 0 amide bonds. The molecular weight excluding hydrogens is 219 g/mol. The molecule has 2 radical (unpaired) electrons. The Morgan fingerprint density at radius 3 is 1.29 bits per heavy atom. The first kappa shape index (κ1) is 15.7. The molecule has 0 saturated carbocycles. The summed E-state index contributed by atoms with van der Waals surface area (Å²) in [6, 6.07) is 0. The molecule has 3 nitrogen and oxygen atoms in total. The van der Waals surface area contributed by atoms with Gasteiger partial charge in [-0.2, -0.15) is 8.42 Å². The van der Waals surface area contributed by atoms with Crippen LogP contribution in [0.25, 0.3) is 0 Å². The summed E-state index contributed by atoms with van der Waals surface area (Å²) in [6.07, 6.45) is 0.715. The van der Waals surface area contributed by atoms with E-state index in [0.29, 0.717) is 6.26 Å². The summed E-state index contributed by atoms with van der Waals surface area (Å²) >= 11 is 0. The molecule has 0 aliphatic heterocycles. The van der Waals surface area contributed by atoms with Crippen molar-refractivity contribution in [1.82, 2.24) is 0 Å². The average molecular weight is 223 g/mol. The fourth-order valence-corrected chi connectivity index (χ4v) is 0. The van der Waals surface area contributed by atoms with E-state index in [1.165, 1.54) is 0 Å². The molecule has 0 spiro atoms. The molecule has 54 valence electrons. The molecule has 0 rings (SSSR count). The summed E-state index contributed by atoms with van der Waals surface area (Å²) < 4.78 is 25.9. The van der Waals surface area contributed by atoms with E-state index in [4.69, 9.17) is 4.55 Å². The van der Waals surface area contributed by atoms with Crippen molar-refractivity contribution in [2.45, 2.75) is 0 Å². The number of hydrogen-bond donors (Lipinski definition) is 1. The second kappa shape index (κ2) is 5.09. The van der Waals surface area contributed by atoms with Crippen molar-refractivity contribution in [3.05, 3.63) is 0 Å². The van der Waals surface area contributed by atoms with Crippen LogP contribution in [0.1, 0.15) is 0 Å². The third-order valence-electron chi connectivity index (χ3n) is 0. The molecule has 0 aromatic carbocycles. The zero-order valence-electron chi connectivity index (χ0n) is 3.27. The van der Waals surface area contributed by atoms with Crippen LogP contribution in [-0.2, 0) is 44.3 Å². The second-order valence-corrected chi connectivity index (χ2v) is 2.20. The van der Waals surface area contributed by atoms with E-state index in [1.54, 1.807) is 0 Å². The molecule has 1 N–H and O–H groups in total. The molecular formula is CH4Cu2O3S. The molecule has 0 bridgehead atoms. The van der Waals surface area contributed by atoms with Gasteiger partial charge in [0, 0.05) is 34.1 Å². The molecule has 0 heterocycles. The summed E-state index contributed by atoms with van der Waals surface area (Å²) in [6.45, 7) is 0.